The van der Waals surface area contributed by atoms with E-state index in [-0.39, 0.29) is 17.5 Å². The van der Waals surface area contributed by atoms with E-state index in [4.69, 9.17) is 0 Å². The van der Waals surface area contributed by atoms with Gasteiger partial charge in [-0.05, 0) is 61.5 Å². The molecule has 0 fully saturated rings. The lowest BCUT2D eigenvalue weighted by Gasteiger charge is -2.26. The summed E-state index contributed by atoms with van der Waals surface area (Å²) in [5.74, 6) is -0.451. The summed E-state index contributed by atoms with van der Waals surface area (Å²) in [6.07, 6.45) is 0. The van der Waals surface area contributed by atoms with Gasteiger partial charge in [0.2, 0.25) is 5.91 Å². The van der Waals surface area contributed by atoms with Gasteiger partial charge in [-0.1, -0.05) is 42.5 Å². The van der Waals surface area contributed by atoms with Crippen LogP contribution in [0.15, 0.2) is 114 Å². The molecule has 4 aromatic rings. The van der Waals surface area contributed by atoms with Gasteiger partial charge in [0.15, 0.2) is 0 Å². The molecule has 0 heterocycles. The Morgan fingerprint density at radius 3 is 1.97 bits per heavy atom. The number of nitrogens with one attached hydrogen (secondary N) is 1. The zero-order chi connectivity index (χ0) is 25.5. The predicted octanol–water partition coefficient (Wildman–Crippen LogP) is 6.69. The second kappa shape index (κ2) is 11.3. The van der Waals surface area contributed by atoms with Gasteiger partial charge < -0.3 is 5.32 Å². The van der Waals surface area contributed by atoms with Gasteiger partial charge in [0.1, 0.15) is 0 Å². The van der Waals surface area contributed by atoms with Crippen LogP contribution in [-0.2, 0) is 4.79 Å². The van der Waals surface area contributed by atoms with Crippen molar-refractivity contribution in [3.8, 4) is 0 Å². The molecular formula is C28H23N3O4S. The Morgan fingerprint density at radius 1 is 0.833 bits per heavy atom. The first-order chi connectivity index (χ1) is 17.4. The van der Waals surface area contributed by atoms with Crippen molar-refractivity contribution < 1.29 is 14.5 Å². The minimum absolute atomic E-state index is 0.0716. The molecule has 36 heavy (non-hydrogen) atoms. The SMILES string of the molecule is CC(Sc1cccc(NC(=O)c2ccc([N+](=O)[O-])cc2)c1)C(=O)N(c1ccccc1)c1ccccc1. The number of thioether (sulfide) groups is 1. The van der Waals surface area contributed by atoms with Crippen LogP contribution in [0.25, 0.3) is 0 Å². The van der Waals surface area contributed by atoms with E-state index in [2.05, 4.69) is 5.32 Å². The number of rotatable bonds is 8. The fourth-order valence-corrected chi connectivity index (χ4v) is 4.55. The number of nitrogens with zero attached hydrogens (tertiary/aromatic N) is 2. The molecule has 2 amide bonds. The lowest BCUT2D eigenvalue weighted by Crippen LogP contribution is -2.32. The Kier molecular flexibility index (Phi) is 7.77. The van der Waals surface area contributed by atoms with Crippen LogP contribution in [0.3, 0.4) is 0 Å². The number of carbonyl (C=O) groups is 2. The smallest absolute Gasteiger partial charge is 0.269 e. The van der Waals surface area contributed by atoms with E-state index >= 15 is 0 Å². The highest BCUT2D eigenvalue weighted by molar-refractivity contribution is 8.00. The van der Waals surface area contributed by atoms with Crippen molar-refractivity contribution in [1.82, 2.24) is 0 Å². The van der Waals surface area contributed by atoms with Crippen molar-refractivity contribution in [3.63, 3.8) is 0 Å². The molecule has 0 aliphatic carbocycles. The van der Waals surface area contributed by atoms with Crippen LogP contribution in [0.5, 0.6) is 0 Å². The lowest BCUT2D eigenvalue weighted by atomic mass is 10.2. The highest BCUT2D eigenvalue weighted by atomic mass is 32.2. The predicted molar refractivity (Wildman–Crippen MR) is 143 cm³/mol. The maximum absolute atomic E-state index is 13.6. The summed E-state index contributed by atoms with van der Waals surface area (Å²) in [6.45, 7) is 1.86. The zero-order valence-corrected chi connectivity index (χ0v) is 20.2. The van der Waals surface area contributed by atoms with Crippen LogP contribution >= 0.6 is 11.8 Å². The number of nitro groups is 1. The average Bonchev–Trinajstić information content (AvgIpc) is 2.90. The molecule has 4 rings (SSSR count). The monoisotopic (exact) mass is 497 g/mol. The third kappa shape index (κ3) is 5.97. The van der Waals surface area contributed by atoms with Crippen LogP contribution < -0.4 is 10.2 Å². The maximum Gasteiger partial charge on any atom is 0.269 e. The van der Waals surface area contributed by atoms with Gasteiger partial charge in [-0.3, -0.25) is 24.6 Å². The van der Waals surface area contributed by atoms with E-state index in [1.807, 2.05) is 73.7 Å². The molecular weight excluding hydrogens is 474 g/mol. The van der Waals surface area contributed by atoms with Crippen LogP contribution in [0.1, 0.15) is 17.3 Å². The summed E-state index contributed by atoms with van der Waals surface area (Å²) in [5.41, 5.74) is 2.36. The molecule has 0 aliphatic heterocycles. The molecule has 0 saturated carbocycles. The molecule has 0 saturated heterocycles. The minimum atomic E-state index is -0.512. The highest BCUT2D eigenvalue weighted by Gasteiger charge is 2.24. The quantitative estimate of drug-likeness (QED) is 0.166. The number of hydrogen-bond acceptors (Lipinski definition) is 5. The van der Waals surface area contributed by atoms with Crippen molar-refractivity contribution in [2.75, 3.05) is 10.2 Å². The fraction of sp³-hybridized carbons (Fsp3) is 0.0714. The van der Waals surface area contributed by atoms with E-state index in [0.29, 0.717) is 11.3 Å². The van der Waals surface area contributed by atoms with Crippen molar-refractivity contribution in [3.05, 3.63) is 125 Å². The normalized spacial score (nSPS) is 11.4. The standard InChI is InChI=1S/C28H23N3O4S/c1-20(28(33)30(23-10-4-2-5-11-23)24-12-6-3-7-13-24)36-26-14-8-9-22(19-26)29-27(32)21-15-17-25(18-16-21)31(34)35/h2-20H,1H3,(H,29,32). The number of benzene rings is 4. The van der Waals surface area contributed by atoms with Gasteiger partial charge in [0, 0.05) is 39.7 Å². The highest BCUT2D eigenvalue weighted by Crippen LogP contribution is 2.32. The first kappa shape index (κ1) is 24.7. The molecule has 0 aliphatic rings. The van der Waals surface area contributed by atoms with Gasteiger partial charge in [-0.2, -0.15) is 0 Å². The Labute approximate surface area is 212 Å². The summed E-state index contributed by atoms with van der Waals surface area (Å²) in [5, 5.41) is 13.2. The second-order valence-corrected chi connectivity index (χ2v) is 9.30. The lowest BCUT2D eigenvalue weighted by molar-refractivity contribution is -0.384. The van der Waals surface area contributed by atoms with Gasteiger partial charge in [-0.15, -0.1) is 11.8 Å². The summed E-state index contributed by atoms with van der Waals surface area (Å²) in [7, 11) is 0. The number of nitro benzene ring substituents is 1. The number of anilines is 3. The molecule has 0 bridgehead atoms. The zero-order valence-electron chi connectivity index (χ0n) is 19.4. The summed E-state index contributed by atoms with van der Waals surface area (Å²) >= 11 is 1.39. The van der Waals surface area contributed by atoms with E-state index < -0.39 is 10.2 Å². The number of para-hydroxylation sites is 2. The van der Waals surface area contributed by atoms with Crippen molar-refractivity contribution in [1.29, 1.82) is 0 Å². The van der Waals surface area contributed by atoms with Crippen molar-refractivity contribution in [2.24, 2.45) is 0 Å². The molecule has 1 unspecified atom stereocenters. The van der Waals surface area contributed by atoms with E-state index in [1.54, 1.807) is 23.1 Å². The van der Waals surface area contributed by atoms with Gasteiger partial charge in [0.05, 0.1) is 10.2 Å². The van der Waals surface area contributed by atoms with E-state index in [0.717, 1.165) is 16.3 Å². The Bertz CT molecular complexity index is 1320. The molecule has 8 heteroatoms. The number of carbonyl (C=O) groups excluding carboxylic acids is 2. The first-order valence-corrected chi connectivity index (χ1v) is 12.1. The minimum Gasteiger partial charge on any atom is -0.322 e. The summed E-state index contributed by atoms with van der Waals surface area (Å²) in [4.78, 5) is 39.0. The van der Waals surface area contributed by atoms with E-state index in [1.165, 1.54) is 36.0 Å². The molecule has 4 aromatic carbocycles. The largest absolute Gasteiger partial charge is 0.322 e. The molecule has 0 aromatic heterocycles. The Balaban J connectivity index is 1.48. The van der Waals surface area contributed by atoms with Crippen LogP contribution in [0.2, 0.25) is 0 Å². The Hall–Kier alpha value is -4.43. The number of hydrogen-bond donors (Lipinski definition) is 1. The Morgan fingerprint density at radius 2 is 1.42 bits per heavy atom. The average molecular weight is 498 g/mol. The van der Waals surface area contributed by atoms with Gasteiger partial charge >= 0.3 is 0 Å². The first-order valence-electron chi connectivity index (χ1n) is 11.2. The molecule has 0 radical (unpaired) electrons. The third-order valence-corrected chi connectivity index (χ3v) is 6.42. The maximum atomic E-state index is 13.6. The second-order valence-electron chi connectivity index (χ2n) is 7.89. The third-order valence-electron chi connectivity index (χ3n) is 5.34. The van der Waals surface area contributed by atoms with Crippen LogP contribution in [0, 0.1) is 10.1 Å². The molecule has 0 spiro atoms. The van der Waals surface area contributed by atoms with Gasteiger partial charge in [0.25, 0.3) is 11.6 Å². The van der Waals surface area contributed by atoms with Crippen LogP contribution in [0.4, 0.5) is 22.7 Å². The van der Waals surface area contributed by atoms with Crippen LogP contribution in [-0.4, -0.2) is 22.0 Å². The fourth-order valence-electron chi connectivity index (χ4n) is 3.58. The van der Waals surface area contributed by atoms with Gasteiger partial charge in [-0.25, -0.2) is 0 Å². The topological polar surface area (TPSA) is 92.5 Å². The van der Waals surface area contributed by atoms with Crippen molar-refractivity contribution >= 4 is 46.3 Å². The molecule has 1 atom stereocenters. The molecule has 1 N–H and O–H groups in total. The van der Waals surface area contributed by atoms with E-state index in [9.17, 15) is 19.7 Å². The van der Waals surface area contributed by atoms with Crippen molar-refractivity contribution in [2.45, 2.75) is 17.1 Å². The summed E-state index contributed by atoms with van der Waals surface area (Å²) in [6, 6.07) is 31.6. The molecule has 180 valence electrons. The number of amides is 2. The number of non-ortho nitro benzene ring substituents is 1. The summed E-state index contributed by atoms with van der Waals surface area (Å²) < 4.78 is 0. The molecule has 7 nitrogen and oxygen atoms in total.